The zero-order valence-corrected chi connectivity index (χ0v) is 21.0. The number of benzene rings is 1. The summed E-state index contributed by atoms with van der Waals surface area (Å²) in [5.41, 5.74) is 9.42. The number of nitrogens with zero attached hydrogens (tertiary/aromatic N) is 7. The molecule has 0 unspecified atom stereocenters. The molecule has 0 amide bonds. The highest BCUT2D eigenvalue weighted by atomic mass is 32.1. The van der Waals surface area contributed by atoms with Crippen LogP contribution in [0.15, 0.2) is 42.9 Å². The first-order valence-corrected chi connectivity index (χ1v) is 12.9. The highest BCUT2D eigenvalue weighted by molar-refractivity contribution is 7.19. The van der Waals surface area contributed by atoms with Crippen LogP contribution in [0.2, 0.25) is 0 Å². The van der Waals surface area contributed by atoms with E-state index in [0.717, 1.165) is 59.4 Å². The number of nitrogens with two attached hydrogens (primary N) is 1. The number of fused-ring (bicyclic) bond motifs is 2. The minimum Gasteiger partial charge on any atom is -0.462 e. The molecule has 0 radical (unpaired) electrons. The lowest BCUT2D eigenvalue weighted by atomic mass is 10.1. The largest absolute Gasteiger partial charge is 0.462 e. The lowest BCUT2D eigenvalue weighted by Crippen LogP contribution is -2.46. The van der Waals surface area contributed by atoms with Crippen LogP contribution in [0.25, 0.3) is 32.5 Å². The predicted octanol–water partition coefficient (Wildman–Crippen LogP) is 3.11. The minimum absolute atomic E-state index is 0.324. The van der Waals surface area contributed by atoms with Crippen molar-refractivity contribution in [3.05, 3.63) is 53.3 Å². The van der Waals surface area contributed by atoms with Crippen LogP contribution in [0.1, 0.15) is 22.2 Å². The van der Waals surface area contributed by atoms with Gasteiger partial charge in [-0.1, -0.05) is 12.1 Å². The van der Waals surface area contributed by atoms with Gasteiger partial charge in [0, 0.05) is 60.9 Å². The first-order chi connectivity index (χ1) is 18.1. The molecule has 0 saturated carbocycles. The number of aromatic nitrogens is 6. The third-order valence-corrected chi connectivity index (χ3v) is 7.49. The molecule has 0 aliphatic carbocycles. The number of carbonyl (C=O) groups is 1. The smallest absolute Gasteiger partial charge is 0.341 e. The summed E-state index contributed by atoms with van der Waals surface area (Å²) in [6.07, 6.45) is 4.83. The summed E-state index contributed by atoms with van der Waals surface area (Å²) in [7, 11) is 0. The Balaban J connectivity index is 1.14. The molecule has 12 heteroatoms. The molecule has 5 heterocycles. The molecule has 6 rings (SSSR count). The predicted molar refractivity (Wildman–Crippen MR) is 142 cm³/mol. The van der Waals surface area contributed by atoms with Gasteiger partial charge in [0.2, 0.25) is 5.95 Å². The number of anilines is 2. The SMILES string of the molecule is CCOC(=O)c1cnc(N2CCN(Cc3cc4nc(-c5cccc6[nH]ncc56)nc(N)c4s3)CC2)nc1. The van der Waals surface area contributed by atoms with Gasteiger partial charge in [0.1, 0.15) is 5.82 Å². The Kier molecular flexibility index (Phi) is 6.10. The normalized spacial score (nSPS) is 14.5. The third kappa shape index (κ3) is 4.56. The molecule has 0 spiro atoms. The van der Waals surface area contributed by atoms with Gasteiger partial charge in [-0.15, -0.1) is 11.3 Å². The van der Waals surface area contributed by atoms with E-state index in [1.807, 2.05) is 18.2 Å². The molecule has 37 heavy (non-hydrogen) atoms. The second kappa shape index (κ2) is 9.71. The van der Waals surface area contributed by atoms with Crippen molar-refractivity contribution in [2.45, 2.75) is 13.5 Å². The quantitative estimate of drug-likeness (QED) is 0.324. The lowest BCUT2D eigenvalue weighted by Gasteiger charge is -2.34. The van der Waals surface area contributed by atoms with Crippen molar-refractivity contribution in [1.82, 2.24) is 35.0 Å². The Morgan fingerprint density at radius 2 is 1.95 bits per heavy atom. The van der Waals surface area contributed by atoms with E-state index in [9.17, 15) is 4.79 Å². The van der Waals surface area contributed by atoms with E-state index in [4.69, 9.17) is 15.5 Å². The van der Waals surface area contributed by atoms with E-state index in [-0.39, 0.29) is 0 Å². The molecule has 0 bridgehead atoms. The molecule has 3 N–H and O–H groups in total. The van der Waals surface area contributed by atoms with E-state index in [2.05, 4.69) is 41.0 Å². The first kappa shape index (κ1) is 23.3. The zero-order chi connectivity index (χ0) is 25.4. The fraction of sp³-hybridized carbons (Fsp3) is 0.280. The van der Waals surface area contributed by atoms with Crippen molar-refractivity contribution in [2.75, 3.05) is 43.4 Å². The Morgan fingerprint density at radius 1 is 1.14 bits per heavy atom. The summed E-state index contributed by atoms with van der Waals surface area (Å²) in [6.45, 7) is 6.23. The van der Waals surface area contributed by atoms with E-state index >= 15 is 0 Å². The second-order valence-electron chi connectivity index (χ2n) is 8.75. The van der Waals surface area contributed by atoms with E-state index in [1.54, 1.807) is 24.5 Å². The van der Waals surface area contributed by atoms with Crippen molar-refractivity contribution in [1.29, 1.82) is 0 Å². The Hall–Kier alpha value is -4.16. The summed E-state index contributed by atoms with van der Waals surface area (Å²) in [5, 5.41) is 8.09. The Bertz CT molecular complexity index is 1570. The monoisotopic (exact) mass is 515 g/mol. The molecule has 5 aromatic rings. The fourth-order valence-corrected chi connectivity index (χ4v) is 5.53. The third-order valence-electron chi connectivity index (χ3n) is 6.36. The van der Waals surface area contributed by atoms with Gasteiger partial charge < -0.3 is 15.4 Å². The first-order valence-electron chi connectivity index (χ1n) is 12.0. The van der Waals surface area contributed by atoms with Crippen LogP contribution in [-0.4, -0.2) is 73.8 Å². The molecule has 4 aromatic heterocycles. The Morgan fingerprint density at radius 3 is 2.73 bits per heavy atom. The molecule has 1 aliphatic heterocycles. The number of piperazine rings is 1. The summed E-state index contributed by atoms with van der Waals surface area (Å²) in [5.74, 6) is 1.31. The van der Waals surface area contributed by atoms with Gasteiger partial charge >= 0.3 is 5.97 Å². The zero-order valence-electron chi connectivity index (χ0n) is 20.2. The van der Waals surface area contributed by atoms with Crippen molar-refractivity contribution < 1.29 is 9.53 Å². The molecule has 1 aliphatic rings. The molecular formula is C25H25N9O2S. The number of thiophene rings is 1. The van der Waals surface area contributed by atoms with Crippen LogP contribution in [0.5, 0.6) is 0 Å². The number of hydrogen-bond acceptors (Lipinski definition) is 11. The molecule has 1 saturated heterocycles. The van der Waals surface area contributed by atoms with Crippen molar-refractivity contribution in [2.24, 2.45) is 0 Å². The molecule has 1 fully saturated rings. The number of rotatable bonds is 6. The van der Waals surface area contributed by atoms with Gasteiger partial charge in [0.25, 0.3) is 0 Å². The van der Waals surface area contributed by atoms with E-state index < -0.39 is 5.97 Å². The molecule has 0 atom stereocenters. The summed E-state index contributed by atoms with van der Waals surface area (Å²) >= 11 is 1.64. The molecule has 11 nitrogen and oxygen atoms in total. The number of carbonyl (C=O) groups excluding carboxylic acids is 1. The maximum absolute atomic E-state index is 11.8. The number of nitrogen functional groups attached to an aromatic ring is 1. The number of aromatic amines is 1. The van der Waals surface area contributed by atoms with Gasteiger partial charge in [0.15, 0.2) is 5.82 Å². The van der Waals surface area contributed by atoms with E-state index in [1.165, 1.54) is 17.3 Å². The second-order valence-corrected chi connectivity index (χ2v) is 9.89. The van der Waals surface area contributed by atoms with Crippen LogP contribution in [0.4, 0.5) is 11.8 Å². The number of nitrogens with one attached hydrogen (secondary N) is 1. The highest BCUT2D eigenvalue weighted by Gasteiger charge is 2.21. The molecular weight excluding hydrogens is 490 g/mol. The summed E-state index contributed by atoms with van der Waals surface area (Å²) < 4.78 is 5.91. The summed E-state index contributed by atoms with van der Waals surface area (Å²) in [6, 6.07) is 8.03. The van der Waals surface area contributed by atoms with Gasteiger partial charge in [-0.05, 0) is 19.1 Å². The molecule has 188 valence electrons. The van der Waals surface area contributed by atoms with Gasteiger partial charge in [-0.2, -0.15) is 5.10 Å². The number of hydrogen-bond donors (Lipinski definition) is 2. The van der Waals surface area contributed by atoms with Crippen LogP contribution in [-0.2, 0) is 11.3 Å². The number of H-pyrrole nitrogens is 1. The van der Waals surface area contributed by atoms with Crippen molar-refractivity contribution in [3.63, 3.8) is 0 Å². The van der Waals surface area contributed by atoms with Crippen molar-refractivity contribution >= 4 is 50.2 Å². The number of ether oxygens (including phenoxy) is 1. The lowest BCUT2D eigenvalue weighted by molar-refractivity contribution is 0.0525. The standard InChI is InChI=1S/C25H25N9O2S/c1-2-36-24(35)15-11-27-25(28-12-15)34-8-6-33(7-9-34)14-16-10-20-21(37-16)22(26)31-23(30-20)17-4-3-5-19-18(17)13-29-32-19/h3-5,10-13H,2,6-9,14H2,1H3,(H,29,32)(H2,26,30,31). The number of esters is 1. The van der Waals surface area contributed by atoms with Gasteiger partial charge in [-0.25, -0.2) is 24.7 Å². The fourth-order valence-electron chi connectivity index (χ4n) is 4.49. The summed E-state index contributed by atoms with van der Waals surface area (Å²) in [4.78, 5) is 35.7. The van der Waals surface area contributed by atoms with Gasteiger partial charge in [-0.3, -0.25) is 10.00 Å². The topological polar surface area (TPSA) is 139 Å². The van der Waals surface area contributed by atoms with Crippen molar-refractivity contribution in [3.8, 4) is 11.4 Å². The average Bonchev–Trinajstić information content (AvgIpc) is 3.56. The Labute approximate surface area is 216 Å². The minimum atomic E-state index is -0.404. The van der Waals surface area contributed by atoms with Crippen LogP contribution < -0.4 is 10.6 Å². The van der Waals surface area contributed by atoms with E-state index in [0.29, 0.717) is 29.8 Å². The molecule has 1 aromatic carbocycles. The van der Waals surface area contributed by atoms with Crippen LogP contribution in [0.3, 0.4) is 0 Å². The maximum Gasteiger partial charge on any atom is 0.341 e. The average molecular weight is 516 g/mol. The van der Waals surface area contributed by atoms with Crippen LogP contribution in [0, 0.1) is 0 Å². The van der Waals surface area contributed by atoms with Crippen LogP contribution >= 0.6 is 11.3 Å². The maximum atomic E-state index is 11.8. The highest BCUT2D eigenvalue weighted by Crippen LogP contribution is 2.33. The van der Waals surface area contributed by atoms with Gasteiger partial charge in [0.05, 0.1) is 34.1 Å².